The first-order chi connectivity index (χ1) is 16.3. The van der Waals surface area contributed by atoms with Crippen molar-refractivity contribution in [3.05, 3.63) is 48.9 Å². The molecule has 2 aliphatic heterocycles. The van der Waals surface area contributed by atoms with Gasteiger partial charge in [-0.3, -0.25) is 9.88 Å². The van der Waals surface area contributed by atoms with Gasteiger partial charge in [-0.2, -0.15) is 0 Å². The van der Waals surface area contributed by atoms with Gasteiger partial charge in [0.05, 0.1) is 6.04 Å². The first kappa shape index (κ1) is 21.7. The van der Waals surface area contributed by atoms with Gasteiger partial charge >= 0.3 is 12.5 Å². The van der Waals surface area contributed by atoms with Crippen LogP contribution in [0.5, 0.6) is 5.75 Å². The number of carbonyl (C=O) groups excluding carboxylic acids is 1. The molecule has 0 saturated carbocycles. The number of hydrogen-bond donors (Lipinski definition) is 1. The maximum atomic E-state index is 12.6. The fourth-order valence-corrected chi connectivity index (χ4v) is 3.79. The highest BCUT2D eigenvalue weighted by Crippen LogP contribution is 2.29. The predicted molar refractivity (Wildman–Crippen MR) is 114 cm³/mol. The molecule has 2 aliphatic rings. The third-order valence-electron chi connectivity index (χ3n) is 5.29. The predicted octanol–water partition coefficient (Wildman–Crippen LogP) is 3.22. The molecule has 5 rings (SSSR count). The fourth-order valence-electron chi connectivity index (χ4n) is 3.79. The van der Waals surface area contributed by atoms with Crippen LogP contribution in [0.15, 0.2) is 48.9 Å². The number of nitrogens with zero attached hydrogens (tertiary/aromatic N) is 6. The standard InChI is InChI=1S/C21H18F3N7O3/c22-21(23,24)34-15-3-5-26-16(8-15)27-17-9-18(29-19(28-17)13-2-1-4-25-10-13)30-6-7-31-14(11-30)12-33-20(31)32/h1-5,8-10,14H,6-7,11-12H2,(H,26,27,28,29)/t14-/m0/s1. The third kappa shape index (κ3) is 4.77. The molecule has 0 bridgehead atoms. The number of halogens is 3. The van der Waals surface area contributed by atoms with E-state index >= 15 is 0 Å². The van der Waals surface area contributed by atoms with Crippen molar-refractivity contribution in [2.75, 3.05) is 36.5 Å². The minimum atomic E-state index is -4.82. The lowest BCUT2D eigenvalue weighted by atomic mass is 10.2. The van der Waals surface area contributed by atoms with Crippen LogP contribution in [0.1, 0.15) is 0 Å². The summed E-state index contributed by atoms with van der Waals surface area (Å²) in [6.45, 7) is 1.83. The van der Waals surface area contributed by atoms with Gasteiger partial charge in [0.25, 0.3) is 0 Å². The molecule has 1 atom stereocenters. The molecule has 1 N–H and O–H groups in total. The summed E-state index contributed by atoms with van der Waals surface area (Å²) in [4.78, 5) is 32.8. The molecular formula is C21H18F3N7O3. The second kappa shape index (κ2) is 8.65. The quantitative estimate of drug-likeness (QED) is 0.598. The monoisotopic (exact) mass is 473 g/mol. The Morgan fingerprint density at radius 1 is 1.12 bits per heavy atom. The SMILES string of the molecule is O=C1OC[C@@H]2CN(c3cc(Nc4cc(OC(F)(F)F)ccn4)nc(-c4cccnc4)n3)CCN12. The Labute approximate surface area is 191 Å². The number of nitrogens with one attached hydrogen (secondary N) is 1. The number of aromatic nitrogens is 4. The summed E-state index contributed by atoms with van der Waals surface area (Å²) >= 11 is 0. The van der Waals surface area contributed by atoms with Gasteiger partial charge in [0, 0.05) is 55.9 Å². The highest BCUT2D eigenvalue weighted by Gasteiger charge is 2.38. The van der Waals surface area contributed by atoms with E-state index in [4.69, 9.17) is 4.74 Å². The van der Waals surface area contributed by atoms with Crippen molar-refractivity contribution in [1.82, 2.24) is 24.8 Å². The molecule has 0 spiro atoms. The van der Waals surface area contributed by atoms with Crippen LogP contribution >= 0.6 is 0 Å². The Morgan fingerprint density at radius 3 is 2.79 bits per heavy atom. The highest BCUT2D eigenvalue weighted by molar-refractivity contribution is 5.71. The molecular weight excluding hydrogens is 455 g/mol. The molecule has 3 aromatic heterocycles. The Morgan fingerprint density at radius 2 is 2.00 bits per heavy atom. The average molecular weight is 473 g/mol. The molecule has 176 valence electrons. The Kier molecular flexibility index (Phi) is 5.51. The number of carbonyl (C=O) groups is 1. The summed E-state index contributed by atoms with van der Waals surface area (Å²) < 4.78 is 46.9. The van der Waals surface area contributed by atoms with Crippen molar-refractivity contribution in [3.8, 4) is 17.1 Å². The van der Waals surface area contributed by atoms with Gasteiger partial charge in [0.1, 0.15) is 29.8 Å². The Hall–Kier alpha value is -4.16. The third-order valence-corrected chi connectivity index (χ3v) is 5.29. The minimum absolute atomic E-state index is 0.0904. The largest absolute Gasteiger partial charge is 0.573 e. The normalized spacial score (nSPS) is 17.9. The van der Waals surface area contributed by atoms with Gasteiger partial charge in [0.2, 0.25) is 0 Å². The van der Waals surface area contributed by atoms with Gasteiger partial charge in [0.15, 0.2) is 5.82 Å². The van der Waals surface area contributed by atoms with Crippen LogP contribution in [0.25, 0.3) is 11.4 Å². The summed E-state index contributed by atoms with van der Waals surface area (Å²) in [7, 11) is 0. The van der Waals surface area contributed by atoms with Crippen LogP contribution in [-0.2, 0) is 4.74 Å². The van der Waals surface area contributed by atoms with E-state index in [1.165, 1.54) is 6.20 Å². The molecule has 2 saturated heterocycles. The van der Waals surface area contributed by atoms with E-state index in [0.717, 1.165) is 12.1 Å². The van der Waals surface area contributed by atoms with E-state index in [9.17, 15) is 18.0 Å². The van der Waals surface area contributed by atoms with E-state index < -0.39 is 12.1 Å². The maximum absolute atomic E-state index is 12.6. The Bertz CT molecular complexity index is 1200. The first-order valence-electron chi connectivity index (χ1n) is 10.3. The lowest BCUT2D eigenvalue weighted by molar-refractivity contribution is -0.274. The minimum Gasteiger partial charge on any atom is -0.447 e. The lowest BCUT2D eigenvalue weighted by Crippen LogP contribution is -2.52. The van der Waals surface area contributed by atoms with Crippen molar-refractivity contribution >= 4 is 23.5 Å². The summed E-state index contributed by atoms with van der Waals surface area (Å²) in [5.74, 6) is 0.980. The van der Waals surface area contributed by atoms with Crippen LogP contribution < -0.4 is 15.0 Å². The summed E-state index contributed by atoms with van der Waals surface area (Å²) in [5.41, 5.74) is 0.660. The number of anilines is 3. The zero-order chi connectivity index (χ0) is 23.7. The van der Waals surface area contributed by atoms with Crippen LogP contribution in [0.2, 0.25) is 0 Å². The average Bonchev–Trinajstić information content (AvgIpc) is 3.18. The second-order valence-corrected chi connectivity index (χ2v) is 7.60. The van der Waals surface area contributed by atoms with Crippen LogP contribution in [0.3, 0.4) is 0 Å². The van der Waals surface area contributed by atoms with E-state index in [-0.39, 0.29) is 18.0 Å². The van der Waals surface area contributed by atoms with Crippen molar-refractivity contribution in [2.45, 2.75) is 12.4 Å². The molecule has 0 aliphatic carbocycles. The first-order valence-corrected chi connectivity index (χ1v) is 10.3. The summed E-state index contributed by atoms with van der Waals surface area (Å²) in [6.07, 6.45) is -0.706. The number of cyclic esters (lactones) is 1. The zero-order valence-electron chi connectivity index (χ0n) is 17.6. The van der Waals surface area contributed by atoms with E-state index in [2.05, 4.69) is 30.0 Å². The highest BCUT2D eigenvalue weighted by atomic mass is 19.4. The molecule has 3 aromatic rings. The number of pyridine rings is 2. The molecule has 0 aromatic carbocycles. The second-order valence-electron chi connectivity index (χ2n) is 7.60. The van der Waals surface area contributed by atoms with Gasteiger partial charge in [-0.05, 0) is 18.2 Å². The summed E-state index contributed by atoms with van der Waals surface area (Å²) in [6, 6.07) is 7.36. The topological polar surface area (TPSA) is 106 Å². The molecule has 34 heavy (non-hydrogen) atoms. The van der Waals surface area contributed by atoms with Gasteiger partial charge < -0.3 is 19.7 Å². The van der Waals surface area contributed by atoms with Gasteiger partial charge in [-0.15, -0.1) is 13.2 Å². The van der Waals surface area contributed by atoms with E-state index in [1.54, 1.807) is 35.5 Å². The van der Waals surface area contributed by atoms with Crippen LogP contribution in [0, 0.1) is 0 Å². The molecule has 0 unspecified atom stereocenters. The van der Waals surface area contributed by atoms with Crippen molar-refractivity contribution in [2.24, 2.45) is 0 Å². The van der Waals surface area contributed by atoms with Crippen LogP contribution in [0.4, 0.5) is 35.4 Å². The van der Waals surface area contributed by atoms with Crippen molar-refractivity contribution < 1.29 is 27.4 Å². The molecule has 5 heterocycles. The zero-order valence-corrected chi connectivity index (χ0v) is 17.6. The number of amides is 1. The molecule has 2 fully saturated rings. The van der Waals surface area contributed by atoms with Crippen molar-refractivity contribution in [3.63, 3.8) is 0 Å². The lowest BCUT2D eigenvalue weighted by Gasteiger charge is -2.36. The summed E-state index contributed by atoms with van der Waals surface area (Å²) in [5, 5.41) is 2.93. The molecule has 1 amide bonds. The molecule has 13 heteroatoms. The maximum Gasteiger partial charge on any atom is 0.573 e. The number of rotatable bonds is 5. The Balaban J connectivity index is 1.45. The van der Waals surface area contributed by atoms with Gasteiger partial charge in [-0.25, -0.2) is 19.7 Å². The number of ether oxygens (including phenoxy) is 2. The fraction of sp³-hybridized carbons (Fsp3) is 0.286. The van der Waals surface area contributed by atoms with E-state index in [0.29, 0.717) is 49.3 Å². The smallest absolute Gasteiger partial charge is 0.447 e. The number of alkyl halides is 3. The molecule has 0 radical (unpaired) electrons. The number of piperazine rings is 1. The van der Waals surface area contributed by atoms with E-state index in [1.807, 2.05) is 4.90 Å². The number of fused-ring (bicyclic) bond motifs is 1. The number of hydrogen-bond acceptors (Lipinski definition) is 9. The van der Waals surface area contributed by atoms with Crippen molar-refractivity contribution in [1.29, 1.82) is 0 Å². The molecule has 10 nitrogen and oxygen atoms in total. The van der Waals surface area contributed by atoms with Gasteiger partial charge in [-0.1, -0.05) is 0 Å². The van der Waals surface area contributed by atoms with Crippen LogP contribution in [-0.4, -0.2) is 69.6 Å².